The SMILES string of the molecule is COc1ccc(OC2CCC(NC(N)=O)C2)cc1. The van der Waals surface area contributed by atoms with Gasteiger partial charge in [-0.1, -0.05) is 0 Å². The molecule has 2 unspecified atom stereocenters. The van der Waals surface area contributed by atoms with E-state index in [0.717, 1.165) is 30.8 Å². The number of benzene rings is 1. The largest absolute Gasteiger partial charge is 0.497 e. The zero-order valence-corrected chi connectivity index (χ0v) is 10.4. The van der Waals surface area contributed by atoms with E-state index in [2.05, 4.69) is 5.32 Å². The summed E-state index contributed by atoms with van der Waals surface area (Å²) in [6.07, 6.45) is 2.77. The lowest BCUT2D eigenvalue weighted by molar-refractivity contribution is 0.205. The molecule has 0 saturated heterocycles. The molecule has 18 heavy (non-hydrogen) atoms. The van der Waals surface area contributed by atoms with Crippen LogP contribution in [-0.4, -0.2) is 25.3 Å². The summed E-state index contributed by atoms with van der Waals surface area (Å²) in [5.41, 5.74) is 5.10. The lowest BCUT2D eigenvalue weighted by Gasteiger charge is -2.14. The van der Waals surface area contributed by atoms with E-state index in [9.17, 15) is 4.79 Å². The van der Waals surface area contributed by atoms with Crippen molar-refractivity contribution in [3.8, 4) is 11.5 Å². The fraction of sp³-hybridized carbons (Fsp3) is 0.462. The molecule has 1 aliphatic carbocycles. The van der Waals surface area contributed by atoms with E-state index >= 15 is 0 Å². The first-order chi connectivity index (χ1) is 8.67. The molecule has 1 aliphatic rings. The van der Waals surface area contributed by atoms with Crippen LogP contribution >= 0.6 is 0 Å². The van der Waals surface area contributed by atoms with Crippen LogP contribution < -0.4 is 20.5 Å². The quantitative estimate of drug-likeness (QED) is 0.853. The summed E-state index contributed by atoms with van der Waals surface area (Å²) in [7, 11) is 1.63. The minimum atomic E-state index is -0.468. The van der Waals surface area contributed by atoms with Crippen molar-refractivity contribution in [1.82, 2.24) is 5.32 Å². The standard InChI is InChI=1S/C13H18N2O3/c1-17-10-4-6-11(7-5-10)18-12-3-2-9(8-12)15-13(14)16/h4-7,9,12H,2-3,8H2,1H3,(H3,14,15,16). The molecule has 5 nitrogen and oxygen atoms in total. The topological polar surface area (TPSA) is 73.6 Å². The molecule has 0 aliphatic heterocycles. The zero-order chi connectivity index (χ0) is 13.0. The van der Waals surface area contributed by atoms with Crippen LogP contribution in [0.4, 0.5) is 4.79 Å². The average Bonchev–Trinajstić information content (AvgIpc) is 2.76. The van der Waals surface area contributed by atoms with Crippen molar-refractivity contribution < 1.29 is 14.3 Å². The van der Waals surface area contributed by atoms with E-state index in [4.69, 9.17) is 15.2 Å². The molecule has 0 spiro atoms. The highest BCUT2D eigenvalue weighted by atomic mass is 16.5. The minimum absolute atomic E-state index is 0.130. The molecule has 2 rings (SSSR count). The Morgan fingerprint density at radius 1 is 1.28 bits per heavy atom. The number of nitrogens with two attached hydrogens (primary N) is 1. The first-order valence-electron chi connectivity index (χ1n) is 6.04. The number of hydrogen-bond donors (Lipinski definition) is 2. The highest BCUT2D eigenvalue weighted by Gasteiger charge is 2.26. The first-order valence-corrected chi connectivity index (χ1v) is 6.04. The van der Waals surface area contributed by atoms with Gasteiger partial charge in [-0.15, -0.1) is 0 Å². The van der Waals surface area contributed by atoms with Gasteiger partial charge >= 0.3 is 6.03 Å². The van der Waals surface area contributed by atoms with Gasteiger partial charge in [0.1, 0.15) is 17.6 Å². The van der Waals surface area contributed by atoms with Gasteiger partial charge in [0.15, 0.2) is 0 Å². The Kier molecular flexibility index (Phi) is 3.92. The lowest BCUT2D eigenvalue weighted by Crippen LogP contribution is -2.37. The normalized spacial score (nSPS) is 22.5. The van der Waals surface area contributed by atoms with Crippen LogP contribution in [0.2, 0.25) is 0 Å². The molecule has 2 atom stereocenters. The highest BCUT2D eigenvalue weighted by molar-refractivity contribution is 5.72. The third-order valence-electron chi connectivity index (χ3n) is 3.09. The van der Waals surface area contributed by atoms with Crippen molar-refractivity contribution in [2.75, 3.05) is 7.11 Å². The maximum absolute atomic E-state index is 10.7. The van der Waals surface area contributed by atoms with Crippen LogP contribution in [0.5, 0.6) is 11.5 Å². The van der Waals surface area contributed by atoms with Gasteiger partial charge in [0.25, 0.3) is 0 Å². The van der Waals surface area contributed by atoms with Gasteiger partial charge in [0.05, 0.1) is 7.11 Å². The van der Waals surface area contributed by atoms with E-state index in [1.165, 1.54) is 0 Å². The monoisotopic (exact) mass is 250 g/mol. The van der Waals surface area contributed by atoms with Crippen LogP contribution in [0.15, 0.2) is 24.3 Å². The second-order valence-electron chi connectivity index (χ2n) is 4.43. The van der Waals surface area contributed by atoms with Crippen molar-refractivity contribution in [3.63, 3.8) is 0 Å². The summed E-state index contributed by atoms with van der Waals surface area (Å²) in [5, 5.41) is 2.71. The molecule has 1 aromatic rings. The van der Waals surface area contributed by atoms with Crippen LogP contribution in [0.3, 0.4) is 0 Å². The maximum Gasteiger partial charge on any atom is 0.312 e. The number of rotatable bonds is 4. The molecular formula is C13H18N2O3. The number of ether oxygens (including phenoxy) is 2. The molecule has 98 valence electrons. The summed E-state index contributed by atoms with van der Waals surface area (Å²) < 4.78 is 10.9. The molecule has 0 bridgehead atoms. The lowest BCUT2D eigenvalue weighted by atomic mass is 10.2. The maximum atomic E-state index is 10.7. The Hall–Kier alpha value is -1.91. The Bertz CT molecular complexity index is 405. The Morgan fingerprint density at radius 2 is 1.94 bits per heavy atom. The van der Waals surface area contributed by atoms with E-state index in [1.807, 2.05) is 24.3 Å². The molecule has 5 heteroatoms. The van der Waals surface area contributed by atoms with Crippen molar-refractivity contribution in [1.29, 1.82) is 0 Å². The molecular weight excluding hydrogens is 232 g/mol. The Balaban J connectivity index is 1.85. The van der Waals surface area contributed by atoms with E-state index in [0.29, 0.717) is 0 Å². The Morgan fingerprint density at radius 3 is 2.56 bits per heavy atom. The first kappa shape index (κ1) is 12.5. The van der Waals surface area contributed by atoms with Crippen LogP contribution in [0, 0.1) is 0 Å². The van der Waals surface area contributed by atoms with E-state index < -0.39 is 6.03 Å². The molecule has 1 fully saturated rings. The fourth-order valence-electron chi connectivity index (χ4n) is 2.23. The molecule has 0 radical (unpaired) electrons. The van der Waals surface area contributed by atoms with Crippen molar-refractivity contribution in [2.24, 2.45) is 5.73 Å². The molecule has 3 N–H and O–H groups in total. The summed E-state index contributed by atoms with van der Waals surface area (Å²) >= 11 is 0. The molecule has 0 aromatic heterocycles. The summed E-state index contributed by atoms with van der Waals surface area (Å²) in [5.74, 6) is 1.63. The predicted molar refractivity (Wildman–Crippen MR) is 67.8 cm³/mol. The van der Waals surface area contributed by atoms with Crippen molar-refractivity contribution in [2.45, 2.75) is 31.4 Å². The van der Waals surface area contributed by atoms with E-state index in [1.54, 1.807) is 7.11 Å². The predicted octanol–water partition coefficient (Wildman–Crippen LogP) is 1.66. The van der Waals surface area contributed by atoms with Gasteiger partial charge < -0.3 is 20.5 Å². The van der Waals surface area contributed by atoms with Crippen molar-refractivity contribution >= 4 is 6.03 Å². The number of nitrogens with one attached hydrogen (secondary N) is 1. The van der Waals surface area contributed by atoms with Gasteiger partial charge in [-0.3, -0.25) is 0 Å². The third kappa shape index (κ3) is 3.29. The van der Waals surface area contributed by atoms with Crippen LogP contribution in [0.25, 0.3) is 0 Å². The van der Waals surface area contributed by atoms with Gasteiger partial charge in [0.2, 0.25) is 0 Å². The number of carbonyl (C=O) groups is 1. The molecule has 2 amide bonds. The molecule has 0 heterocycles. The van der Waals surface area contributed by atoms with Crippen LogP contribution in [0.1, 0.15) is 19.3 Å². The number of methoxy groups -OCH3 is 1. The number of hydrogen-bond acceptors (Lipinski definition) is 3. The number of urea groups is 1. The van der Waals surface area contributed by atoms with Crippen LogP contribution in [-0.2, 0) is 0 Å². The fourth-order valence-corrected chi connectivity index (χ4v) is 2.23. The Labute approximate surface area is 106 Å². The zero-order valence-electron chi connectivity index (χ0n) is 10.4. The van der Waals surface area contributed by atoms with Crippen molar-refractivity contribution in [3.05, 3.63) is 24.3 Å². The summed E-state index contributed by atoms with van der Waals surface area (Å²) in [6, 6.07) is 7.16. The number of amides is 2. The van der Waals surface area contributed by atoms with Gasteiger partial charge in [-0.05, 0) is 37.1 Å². The van der Waals surface area contributed by atoms with Gasteiger partial charge in [-0.25, -0.2) is 4.79 Å². The number of primary amides is 1. The van der Waals surface area contributed by atoms with E-state index in [-0.39, 0.29) is 12.1 Å². The second kappa shape index (κ2) is 5.62. The summed E-state index contributed by atoms with van der Waals surface area (Å²) in [6.45, 7) is 0. The third-order valence-corrected chi connectivity index (χ3v) is 3.09. The van der Waals surface area contributed by atoms with Gasteiger partial charge in [0, 0.05) is 12.5 Å². The highest BCUT2D eigenvalue weighted by Crippen LogP contribution is 2.25. The number of carbonyl (C=O) groups excluding carboxylic acids is 1. The van der Waals surface area contributed by atoms with Gasteiger partial charge in [-0.2, -0.15) is 0 Å². The second-order valence-corrected chi connectivity index (χ2v) is 4.43. The minimum Gasteiger partial charge on any atom is -0.497 e. The smallest absolute Gasteiger partial charge is 0.312 e. The molecule has 1 saturated carbocycles. The average molecular weight is 250 g/mol. The summed E-state index contributed by atoms with van der Waals surface area (Å²) in [4.78, 5) is 10.7. The molecule has 1 aromatic carbocycles.